The van der Waals surface area contributed by atoms with Gasteiger partial charge in [0.15, 0.2) is 11.4 Å². The third-order valence-electron chi connectivity index (χ3n) is 4.73. The van der Waals surface area contributed by atoms with Crippen molar-refractivity contribution in [1.29, 1.82) is 0 Å². The fourth-order valence-corrected chi connectivity index (χ4v) is 4.54. The van der Waals surface area contributed by atoms with Gasteiger partial charge in [-0.25, -0.2) is 9.78 Å². The summed E-state index contributed by atoms with van der Waals surface area (Å²) in [6.07, 6.45) is -0.980. The highest BCUT2D eigenvalue weighted by Gasteiger charge is 2.38. The number of thioether (sulfide) groups is 1. The lowest BCUT2D eigenvalue weighted by Crippen LogP contribution is -2.44. The minimum Gasteiger partial charge on any atom is -0.479 e. The molecule has 1 N–H and O–H groups in total. The molecule has 0 saturated heterocycles. The minimum absolute atomic E-state index is 0.423. The second kappa shape index (κ2) is 9.70. The lowest BCUT2D eigenvalue weighted by atomic mass is 10.0. The van der Waals surface area contributed by atoms with Gasteiger partial charge in [0.1, 0.15) is 5.01 Å². The summed E-state index contributed by atoms with van der Waals surface area (Å²) in [7, 11) is 0. The molecule has 0 spiro atoms. The van der Waals surface area contributed by atoms with E-state index in [1.807, 2.05) is 32.9 Å². The third-order valence-corrected chi connectivity index (χ3v) is 7.03. The number of nitrogens with zero attached hydrogens (tertiary/aromatic N) is 2. The van der Waals surface area contributed by atoms with Crippen molar-refractivity contribution in [3.05, 3.63) is 47.8 Å². The normalized spacial score (nSPS) is 15.7. The minimum atomic E-state index is -4.38. The van der Waals surface area contributed by atoms with Crippen LogP contribution in [0.2, 0.25) is 0 Å². The van der Waals surface area contributed by atoms with Crippen molar-refractivity contribution in [2.24, 2.45) is 0 Å². The Morgan fingerprint density at radius 2 is 1.87 bits per heavy atom. The average molecular weight is 475 g/mol. The SMILES string of the molecule is C/C=C/C(C)(SCc1nsc(-c2ccc(C(F)(F)F)cc2)n1)[C@H](C)OC(C)(C)C(=O)O. The molecule has 2 atom stereocenters. The van der Waals surface area contributed by atoms with Crippen molar-refractivity contribution in [2.75, 3.05) is 0 Å². The maximum absolute atomic E-state index is 12.7. The third kappa shape index (κ3) is 6.54. The lowest BCUT2D eigenvalue weighted by molar-refractivity contribution is -0.167. The molecule has 0 aliphatic rings. The van der Waals surface area contributed by atoms with Gasteiger partial charge in [-0.3, -0.25) is 0 Å². The summed E-state index contributed by atoms with van der Waals surface area (Å²) in [5.41, 5.74) is -1.48. The predicted molar refractivity (Wildman–Crippen MR) is 117 cm³/mol. The van der Waals surface area contributed by atoms with Crippen LogP contribution in [0.4, 0.5) is 13.2 Å². The number of aromatic nitrogens is 2. The summed E-state index contributed by atoms with van der Waals surface area (Å²) in [5.74, 6) is -0.0704. The summed E-state index contributed by atoms with van der Waals surface area (Å²) < 4.78 is 47.8. The summed E-state index contributed by atoms with van der Waals surface area (Å²) in [4.78, 5) is 15.8. The molecule has 170 valence electrons. The van der Waals surface area contributed by atoms with Gasteiger partial charge in [-0.2, -0.15) is 17.5 Å². The summed E-state index contributed by atoms with van der Waals surface area (Å²) in [5, 5.41) is 9.87. The van der Waals surface area contributed by atoms with Crippen molar-refractivity contribution in [1.82, 2.24) is 9.36 Å². The fraction of sp³-hybridized carbons (Fsp3) is 0.476. The molecule has 1 heterocycles. The van der Waals surface area contributed by atoms with Crippen LogP contribution >= 0.6 is 23.3 Å². The van der Waals surface area contributed by atoms with Gasteiger partial charge in [-0.1, -0.05) is 24.3 Å². The number of carboxylic acid groups (broad SMARTS) is 1. The monoisotopic (exact) mass is 474 g/mol. The van der Waals surface area contributed by atoms with Gasteiger partial charge < -0.3 is 9.84 Å². The van der Waals surface area contributed by atoms with E-state index in [0.717, 1.165) is 23.7 Å². The molecule has 0 saturated carbocycles. The zero-order valence-electron chi connectivity index (χ0n) is 17.9. The van der Waals surface area contributed by atoms with Crippen LogP contribution in [0.25, 0.3) is 10.6 Å². The number of carboxylic acids is 1. The molecule has 10 heteroatoms. The second-order valence-electron chi connectivity index (χ2n) is 7.64. The number of hydrogen-bond acceptors (Lipinski definition) is 6. The number of alkyl halides is 3. The van der Waals surface area contributed by atoms with Crippen molar-refractivity contribution in [2.45, 2.75) is 63.0 Å². The van der Waals surface area contributed by atoms with Gasteiger partial charge in [-0.15, -0.1) is 11.8 Å². The maximum Gasteiger partial charge on any atom is 0.416 e. The topological polar surface area (TPSA) is 72.3 Å². The van der Waals surface area contributed by atoms with Crippen molar-refractivity contribution < 1.29 is 27.8 Å². The van der Waals surface area contributed by atoms with Crippen LogP contribution in [-0.4, -0.2) is 36.9 Å². The molecule has 0 radical (unpaired) electrons. The van der Waals surface area contributed by atoms with Crippen LogP contribution in [0, 0.1) is 0 Å². The standard InChI is InChI=1S/C21H25F3N2O3S2/c1-6-11-20(5,13(2)29-19(3,4)18(27)28)30-12-16-25-17(31-26-16)14-7-9-15(10-8-14)21(22,23)24/h6-11,13H,12H2,1-5H3,(H,27,28)/b11-6+/t13-,20?/m0/s1. The van der Waals surface area contributed by atoms with E-state index >= 15 is 0 Å². The Hall–Kier alpha value is -1.91. The molecule has 0 amide bonds. The van der Waals surface area contributed by atoms with E-state index in [2.05, 4.69) is 9.36 Å². The Morgan fingerprint density at radius 1 is 1.26 bits per heavy atom. The quantitative estimate of drug-likeness (QED) is 0.446. The molecule has 0 bridgehead atoms. The van der Waals surface area contributed by atoms with E-state index in [-0.39, 0.29) is 0 Å². The zero-order chi connectivity index (χ0) is 23.4. The van der Waals surface area contributed by atoms with Gasteiger partial charge >= 0.3 is 12.1 Å². The van der Waals surface area contributed by atoms with Gasteiger partial charge in [0.05, 0.1) is 22.2 Å². The molecule has 0 aliphatic heterocycles. The van der Waals surface area contributed by atoms with Gasteiger partial charge in [-0.05, 0) is 58.3 Å². The van der Waals surface area contributed by atoms with Crippen molar-refractivity contribution >= 4 is 29.3 Å². The van der Waals surface area contributed by atoms with E-state index in [0.29, 0.717) is 22.1 Å². The average Bonchev–Trinajstić information content (AvgIpc) is 3.15. The Balaban J connectivity index is 2.12. The number of carbonyl (C=O) groups is 1. The number of aliphatic carboxylic acids is 1. The van der Waals surface area contributed by atoms with E-state index in [1.165, 1.54) is 37.7 Å². The Kier molecular flexibility index (Phi) is 7.94. The molecule has 1 aromatic heterocycles. The van der Waals surface area contributed by atoms with Crippen LogP contribution in [0.15, 0.2) is 36.4 Å². The molecule has 1 unspecified atom stereocenters. The first-order valence-electron chi connectivity index (χ1n) is 9.48. The number of ether oxygens (including phenoxy) is 1. The van der Waals surface area contributed by atoms with E-state index in [4.69, 9.17) is 4.74 Å². The smallest absolute Gasteiger partial charge is 0.416 e. The lowest BCUT2D eigenvalue weighted by Gasteiger charge is -2.36. The number of benzene rings is 1. The molecule has 2 rings (SSSR count). The molecule has 1 aromatic carbocycles. The molecule has 5 nitrogen and oxygen atoms in total. The molecule has 31 heavy (non-hydrogen) atoms. The van der Waals surface area contributed by atoms with Crippen LogP contribution in [0.5, 0.6) is 0 Å². The Labute approximate surface area is 187 Å². The number of halogens is 3. The summed E-state index contributed by atoms with van der Waals surface area (Å²) in [6.45, 7) is 8.65. The van der Waals surface area contributed by atoms with Crippen LogP contribution in [-0.2, 0) is 21.5 Å². The maximum atomic E-state index is 12.7. The highest BCUT2D eigenvalue weighted by atomic mass is 32.2. The van der Waals surface area contributed by atoms with Gasteiger partial charge in [0.25, 0.3) is 0 Å². The Morgan fingerprint density at radius 3 is 2.39 bits per heavy atom. The van der Waals surface area contributed by atoms with Gasteiger partial charge in [0, 0.05) is 5.56 Å². The highest BCUT2D eigenvalue weighted by molar-refractivity contribution is 8.00. The molecule has 0 fully saturated rings. The summed E-state index contributed by atoms with van der Waals surface area (Å²) >= 11 is 2.62. The van der Waals surface area contributed by atoms with Gasteiger partial charge in [0.2, 0.25) is 0 Å². The van der Waals surface area contributed by atoms with Crippen LogP contribution < -0.4 is 0 Å². The van der Waals surface area contributed by atoms with Crippen LogP contribution in [0.1, 0.15) is 46.0 Å². The predicted octanol–water partition coefficient (Wildman–Crippen LogP) is 6.06. The number of rotatable bonds is 9. The fourth-order valence-electron chi connectivity index (χ4n) is 2.69. The first kappa shape index (κ1) is 25.4. The zero-order valence-corrected chi connectivity index (χ0v) is 19.5. The first-order chi connectivity index (χ1) is 14.3. The largest absolute Gasteiger partial charge is 0.479 e. The van der Waals surface area contributed by atoms with Crippen molar-refractivity contribution in [3.8, 4) is 10.6 Å². The highest BCUT2D eigenvalue weighted by Crippen LogP contribution is 2.37. The molecular formula is C21H25F3N2O3S2. The van der Waals surface area contributed by atoms with Crippen molar-refractivity contribution in [3.63, 3.8) is 0 Å². The van der Waals surface area contributed by atoms with Crippen LogP contribution in [0.3, 0.4) is 0 Å². The Bertz CT molecular complexity index is 927. The number of hydrogen-bond donors (Lipinski definition) is 1. The van der Waals surface area contributed by atoms with E-state index < -0.39 is 34.2 Å². The summed E-state index contributed by atoms with van der Waals surface area (Å²) in [6, 6.07) is 4.82. The first-order valence-corrected chi connectivity index (χ1v) is 11.2. The molecule has 2 aromatic rings. The second-order valence-corrected chi connectivity index (χ2v) is 9.85. The molecular weight excluding hydrogens is 449 g/mol. The molecule has 0 aliphatic carbocycles. The number of allylic oxidation sites excluding steroid dienone is 1. The van der Waals surface area contributed by atoms with E-state index in [1.54, 1.807) is 0 Å². The van der Waals surface area contributed by atoms with E-state index in [9.17, 15) is 23.1 Å².